The molecule has 1 atom stereocenters. The standard InChI is InChI=1S/C23H28ClNO3/c1-23(2)13-16(6-8-28-23)14-25-7-9-27-22-19(15-25)10-18(12-21(22)26)17-4-3-5-20(24)11-17/h3-5,10-12,16,26H,6-9,13-15H2,1-2H3/t16-/m1/s1. The molecule has 0 saturated carbocycles. The summed E-state index contributed by atoms with van der Waals surface area (Å²) < 4.78 is 11.8. The van der Waals surface area contributed by atoms with Crippen molar-refractivity contribution in [2.45, 2.75) is 38.8 Å². The summed E-state index contributed by atoms with van der Waals surface area (Å²) in [5.74, 6) is 1.43. The van der Waals surface area contributed by atoms with Gasteiger partial charge in [-0.2, -0.15) is 0 Å². The summed E-state index contributed by atoms with van der Waals surface area (Å²) in [5, 5.41) is 11.3. The van der Waals surface area contributed by atoms with E-state index in [-0.39, 0.29) is 11.4 Å². The normalized spacial score (nSPS) is 22.2. The summed E-state index contributed by atoms with van der Waals surface area (Å²) in [7, 11) is 0. The van der Waals surface area contributed by atoms with Crippen LogP contribution in [0.3, 0.4) is 0 Å². The van der Waals surface area contributed by atoms with Crippen molar-refractivity contribution >= 4 is 11.6 Å². The topological polar surface area (TPSA) is 41.9 Å². The molecule has 150 valence electrons. The second-order valence-corrected chi connectivity index (χ2v) is 8.98. The van der Waals surface area contributed by atoms with Crippen LogP contribution in [-0.2, 0) is 11.3 Å². The van der Waals surface area contributed by atoms with Gasteiger partial charge in [0.1, 0.15) is 6.61 Å². The molecule has 1 saturated heterocycles. The van der Waals surface area contributed by atoms with Crippen molar-refractivity contribution in [2.24, 2.45) is 5.92 Å². The molecule has 4 rings (SSSR count). The second kappa shape index (κ2) is 7.94. The number of halogens is 1. The van der Waals surface area contributed by atoms with Crippen molar-refractivity contribution < 1.29 is 14.6 Å². The molecular weight excluding hydrogens is 374 g/mol. The van der Waals surface area contributed by atoms with Gasteiger partial charge in [0, 0.05) is 36.8 Å². The zero-order valence-corrected chi connectivity index (χ0v) is 17.3. The summed E-state index contributed by atoms with van der Waals surface area (Å²) in [6, 6.07) is 11.6. The third-order valence-corrected chi connectivity index (χ3v) is 5.90. The molecule has 1 fully saturated rings. The first-order valence-corrected chi connectivity index (χ1v) is 10.4. The average Bonchev–Trinajstić information content (AvgIpc) is 2.83. The van der Waals surface area contributed by atoms with Gasteiger partial charge in [-0.25, -0.2) is 0 Å². The lowest BCUT2D eigenvalue weighted by atomic mass is 9.88. The van der Waals surface area contributed by atoms with Gasteiger partial charge in [-0.3, -0.25) is 4.90 Å². The highest BCUT2D eigenvalue weighted by Gasteiger charge is 2.30. The number of phenols is 1. The van der Waals surface area contributed by atoms with E-state index in [1.807, 2.05) is 24.3 Å². The highest BCUT2D eigenvalue weighted by Crippen LogP contribution is 2.38. The van der Waals surface area contributed by atoms with Gasteiger partial charge in [0.15, 0.2) is 11.5 Å². The number of fused-ring (bicyclic) bond motifs is 1. The Morgan fingerprint density at radius 3 is 2.82 bits per heavy atom. The smallest absolute Gasteiger partial charge is 0.165 e. The number of rotatable bonds is 3. The summed E-state index contributed by atoms with van der Waals surface area (Å²) in [4.78, 5) is 2.44. The van der Waals surface area contributed by atoms with E-state index in [0.717, 1.165) is 55.8 Å². The van der Waals surface area contributed by atoms with Crippen LogP contribution in [0.25, 0.3) is 11.1 Å². The first-order chi connectivity index (χ1) is 13.4. The molecule has 0 spiro atoms. The van der Waals surface area contributed by atoms with E-state index < -0.39 is 0 Å². The summed E-state index contributed by atoms with van der Waals surface area (Å²) in [6.45, 7) is 8.43. The molecule has 2 aromatic rings. The monoisotopic (exact) mass is 401 g/mol. The van der Waals surface area contributed by atoms with Gasteiger partial charge in [-0.1, -0.05) is 23.7 Å². The lowest BCUT2D eigenvalue weighted by molar-refractivity contribution is -0.0771. The van der Waals surface area contributed by atoms with E-state index in [0.29, 0.717) is 23.3 Å². The highest BCUT2D eigenvalue weighted by molar-refractivity contribution is 6.30. The fraction of sp³-hybridized carbons (Fsp3) is 0.478. The number of benzene rings is 2. The molecule has 0 amide bonds. The predicted molar refractivity (Wildman–Crippen MR) is 112 cm³/mol. The van der Waals surface area contributed by atoms with Gasteiger partial charge < -0.3 is 14.6 Å². The molecule has 0 aromatic heterocycles. The Bertz CT molecular complexity index is 852. The fourth-order valence-electron chi connectivity index (χ4n) is 4.42. The zero-order valence-electron chi connectivity index (χ0n) is 16.6. The van der Waals surface area contributed by atoms with Crippen LogP contribution in [0.4, 0.5) is 0 Å². The Hall–Kier alpha value is -1.75. The molecule has 2 heterocycles. The van der Waals surface area contributed by atoms with E-state index in [1.165, 1.54) is 0 Å². The minimum absolute atomic E-state index is 0.0405. The molecule has 0 bridgehead atoms. The van der Waals surface area contributed by atoms with E-state index >= 15 is 0 Å². The average molecular weight is 402 g/mol. The van der Waals surface area contributed by atoms with Crippen LogP contribution in [0.5, 0.6) is 11.5 Å². The molecule has 5 heteroatoms. The van der Waals surface area contributed by atoms with Crippen LogP contribution >= 0.6 is 11.6 Å². The van der Waals surface area contributed by atoms with Crippen molar-refractivity contribution in [1.29, 1.82) is 0 Å². The lowest BCUT2D eigenvalue weighted by Gasteiger charge is -2.37. The zero-order chi connectivity index (χ0) is 19.7. The van der Waals surface area contributed by atoms with Crippen LogP contribution in [0, 0.1) is 5.92 Å². The van der Waals surface area contributed by atoms with Crippen molar-refractivity contribution in [2.75, 3.05) is 26.3 Å². The van der Waals surface area contributed by atoms with Gasteiger partial charge in [0.2, 0.25) is 0 Å². The number of hydrogen-bond donors (Lipinski definition) is 1. The summed E-state index contributed by atoms with van der Waals surface area (Å²) >= 11 is 6.15. The lowest BCUT2D eigenvalue weighted by Crippen LogP contribution is -2.40. The maximum Gasteiger partial charge on any atom is 0.165 e. The van der Waals surface area contributed by atoms with Gasteiger partial charge in [-0.15, -0.1) is 0 Å². The number of nitrogens with zero attached hydrogens (tertiary/aromatic N) is 1. The van der Waals surface area contributed by atoms with Gasteiger partial charge in [0.05, 0.1) is 5.60 Å². The first kappa shape index (κ1) is 19.6. The Balaban J connectivity index is 1.56. The minimum Gasteiger partial charge on any atom is -0.504 e. The Morgan fingerprint density at radius 2 is 2.04 bits per heavy atom. The molecule has 2 aromatic carbocycles. The van der Waals surface area contributed by atoms with Crippen molar-refractivity contribution in [3.8, 4) is 22.6 Å². The molecule has 4 nitrogen and oxygen atoms in total. The largest absolute Gasteiger partial charge is 0.504 e. The number of phenolic OH excluding ortho intramolecular Hbond substituents is 1. The quantitative estimate of drug-likeness (QED) is 0.775. The van der Waals surface area contributed by atoms with Crippen LogP contribution in [0.2, 0.25) is 5.02 Å². The third kappa shape index (κ3) is 4.45. The number of ether oxygens (including phenoxy) is 2. The Morgan fingerprint density at radius 1 is 1.18 bits per heavy atom. The van der Waals surface area contributed by atoms with Crippen LogP contribution in [0.15, 0.2) is 36.4 Å². The maximum absolute atomic E-state index is 10.6. The SMILES string of the molecule is CC1(C)C[C@H](CN2CCOc3c(O)cc(-c4cccc(Cl)c4)cc3C2)CCO1. The van der Waals surface area contributed by atoms with Gasteiger partial charge >= 0.3 is 0 Å². The van der Waals surface area contributed by atoms with E-state index in [1.54, 1.807) is 6.07 Å². The van der Waals surface area contributed by atoms with Gasteiger partial charge in [0.25, 0.3) is 0 Å². The molecule has 0 unspecified atom stereocenters. The summed E-state index contributed by atoms with van der Waals surface area (Å²) in [5.41, 5.74) is 2.93. The van der Waals surface area contributed by atoms with Crippen molar-refractivity contribution in [1.82, 2.24) is 4.90 Å². The van der Waals surface area contributed by atoms with Gasteiger partial charge in [-0.05, 0) is 68.0 Å². The van der Waals surface area contributed by atoms with Crippen LogP contribution in [-0.4, -0.2) is 41.9 Å². The van der Waals surface area contributed by atoms with E-state index in [2.05, 4.69) is 24.8 Å². The molecule has 2 aliphatic rings. The molecule has 0 radical (unpaired) electrons. The Kier molecular flexibility index (Phi) is 5.55. The maximum atomic E-state index is 10.6. The number of aromatic hydroxyl groups is 1. The van der Waals surface area contributed by atoms with Crippen LogP contribution < -0.4 is 4.74 Å². The van der Waals surface area contributed by atoms with E-state index in [4.69, 9.17) is 21.1 Å². The third-order valence-electron chi connectivity index (χ3n) is 5.67. The van der Waals surface area contributed by atoms with Crippen LogP contribution in [0.1, 0.15) is 32.3 Å². The van der Waals surface area contributed by atoms with Crippen molar-refractivity contribution in [3.05, 3.63) is 47.0 Å². The molecule has 2 aliphatic heterocycles. The highest BCUT2D eigenvalue weighted by atomic mass is 35.5. The Labute approximate surface area is 172 Å². The molecule has 1 N–H and O–H groups in total. The van der Waals surface area contributed by atoms with Crippen molar-refractivity contribution in [3.63, 3.8) is 0 Å². The molecular formula is C23H28ClNO3. The molecule has 0 aliphatic carbocycles. The predicted octanol–water partition coefficient (Wildman–Crippen LogP) is 5.11. The number of hydrogen-bond acceptors (Lipinski definition) is 4. The second-order valence-electron chi connectivity index (χ2n) is 8.54. The van der Waals surface area contributed by atoms with E-state index in [9.17, 15) is 5.11 Å². The minimum atomic E-state index is -0.0405. The summed E-state index contributed by atoms with van der Waals surface area (Å²) in [6.07, 6.45) is 2.17. The first-order valence-electron chi connectivity index (χ1n) is 10.0. The molecule has 28 heavy (non-hydrogen) atoms. The fourth-order valence-corrected chi connectivity index (χ4v) is 4.61.